The Morgan fingerprint density at radius 3 is 2.48 bits per heavy atom. The minimum atomic E-state index is -0.585. The number of benzene rings is 1. The minimum absolute atomic E-state index is 0.0845. The molecule has 0 aromatic heterocycles. The number of rotatable bonds is 6. The number of carbonyl (C=O) groups is 2. The summed E-state index contributed by atoms with van der Waals surface area (Å²) in [5.41, 5.74) is 0.535. The summed E-state index contributed by atoms with van der Waals surface area (Å²) in [5.74, 6) is -0.929. The maximum absolute atomic E-state index is 11.8. The molecule has 0 aliphatic rings. The van der Waals surface area contributed by atoms with Crippen LogP contribution >= 0.6 is 0 Å². The van der Waals surface area contributed by atoms with Crippen molar-refractivity contribution in [3.8, 4) is 5.75 Å². The van der Waals surface area contributed by atoms with Gasteiger partial charge in [-0.15, -0.1) is 0 Å². The largest absolute Gasteiger partial charge is 0.507 e. The number of ether oxygens (including phenoxy) is 1. The summed E-state index contributed by atoms with van der Waals surface area (Å²) in [6.07, 6.45) is 0.379. The molecule has 1 aromatic carbocycles. The summed E-state index contributed by atoms with van der Waals surface area (Å²) in [6, 6.07) is 4.34. The van der Waals surface area contributed by atoms with E-state index >= 15 is 0 Å². The van der Waals surface area contributed by atoms with E-state index in [-0.39, 0.29) is 23.8 Å². The highest BCUT2D eigenvalue weighted by atomic mass is 16.5. The van der Waals surface area contributed by atoms with E-state index in [4.69, 9.17) is 4.74 Å². The van der Waals surface area contributed by atoms with Gasteiger partial charge in [0, 0.05) is 11.8 Å². The van der Waals surface area contributed by atoms with Gasteiger partial charge in [0.25, 0.3) is 0 Å². The van der Waals surface area contributed by atoms with Crippen molar-refractivity contribution >= 4 is 17.6 Å². The van der Waals surface area contributed by atoms with Crippen molar-refractivity contribution in [2.75, 3.05) is 39.6 Å². The predicted octanol–water partition coefficient (Wildman–Crippen LogP) is 1.60. The van der Waals surface area contributed by atoms with Crippen molar-refractivity contribution in [2.45, 2.75) is 13.3 Å². The molecule has 0 aliphatic carbocycles. The molecule has 6 heteroatoms. The Balaban J connectivity index is 2.67. The summed E-state index contributed by atoms with van der Waals surface area (Å²) in [6.45, 7) is 2.64. The van der Waals surface area contributed by atoms with Crippen molar-refractivity contribution in [3.05, 3.63) is 23.8 Å². The van der Waals surface area contributed by atoms with Gasteiger partial charge in [0.15, 0.2) is 0 Å². The molecule has 21 heavy (non-hydrogen) atoms. The average molecular weight is 295 g/mol. The van der Waals surface area contributed by atoms with Gasteiger partial charge in [0.1, 0.15) is 11.3 Å². The lowest BCUT2D eigenvalue weighted by molar-refractivity contribution is -0.869. The first-order chi connectivity index (χ1) is 9.73. The molecule has 0 fully saturated rings. The van der Waals surface area contributed by atoms with Crippen LogP contribution in [0.2, 0.25) is 0 Å². The van der Waals surface area contributed by atoms with Crippen molar-refractivity contribution in [2.24, 2.45) is 0 Å². The highest BCUT2D eigenvalue weighted by molar-refractivity contribution is 5.95. The fourth-order valence-corrected chi connectivity index (χ4v) is 1.65. The van der Waals surface area contributed by atoms with Crippen LogP contribution in [-0.2, 0) is 9.53 Å². The van der Waals surface area contributed by atoms with Gasteiger partial charge in [-0.2, -0.15) is 0 Å². The van der Waals surface area contributed by atoms with Crippen LogP contribution in [-0.4, -0.2) is 55.8 Å². The van der Waals surface area contributed by atoms with Gasteiger partial charge in [0.05, 0.1) is 40.7 Å². The van der Waals surface area contributed by atoms with Crippen LogP contribution in [0.5, 0.6) is 5.75 Å². The third-order valence-corrected chi connectivity index (χ3v) is 2.79. The smallest absolute Gasteiger partial charge is 0.341 e. The number of nitrogens with zero attached hydrogens (tertiary/aromatic N) is 1. The highest BCUT2D eigenvalue weighted by Crippen LogP contribution is 2.23. The van der Waals surface area contributed by atoms with Crippen LogP contribution in [0.1, 0.15) is 23.7 Å². The van der Waals surface area contributed by atoms with Gasteiger partial charge in [-0.1, -0.05) is 0 Å². The number of quaternary nitrogens is 1. The molecule has 0 saturated heterocycles. The molecule has 6 nitrogen and oxygen atoms in total. The van der Waals surface area contributed by atoms with Gasteiger partial charge in [-0.3, -0.25) is 4.79 Å². The summed E-state index contributed by atoms with van der Waals surface area (Å²) in [7, 11) is 6.02. The van der Waals surface area contributed by atoms with Crippen molar-refractivity contribution in [3.63, 3.8) is 0 Å². The summed E-state index contributed by atoms with van der Waals surface area (Å²) >= 11 is 0. The molecular formula is C15H23N2O4+. The van der Waals surface area contributed by atoms with Crippen LogP contribution in [0.15, 0.2) is 18.2 Å². The zero-order valence-electron chi connectivity index (χ0n) is 13.0. The predicted molar refractivity (Wildman–Crippen MR) is 80.2 cm³/mol. The number of anilines is 1. The first-order valence-electron chi connectivity index (χ1n) is 6.83. The number of hydrogen-bond donors (Lipinski definition) is 2. The fourth-order valence-electron chi connectivity index (χ4n) is 1.65. The monoisotopic (exact) mass is 295 g/mol. The van der Waals surface area contributed by atoms with E-state index in [0.29, 0.717) is 23.1 Å². The van der Waals surface area contributed by atoms with E-state index in [0.717, 1.165) is 0 Å². The van der Waals surface area contributed by atoms with E-state index in [1.54, 1.807) is 13.0 Å². The number of phenols is 1. The number of amides is 1. The van der Waals surface area contributed by atoms with Crippen molar-refractivity contribution in [1.29, 1.82) is 0 Å². The molecule has 0 atom stereocenters. The van der Waals surface area contributed by atoms with E-state index in [9.17, 15) is 14.7 Å². The Hall–Kier alpha value is -2.08. The first-order valence-corrected chi connectivity index (χ1v) is 6.83. The molecule has 1 aromatic rings. The minimum Gasteiger partial charge on any atom is -0.507 e. The Bertz CT molecular complexity index is 521. The SMILES string of the molecule is CCOC(=O)c1ccc(NC(=O)CC[N+](C)(C)C)cc1O. The van der Waals surface area contributed by atoms with E-state index in [1.165, 1.54) is 12.1 Å². The number of nitrogens with one attached hydrogen (secondary N) is 1. The lowest BCUT2D eigenvalue weighted by Gasteiger charge is -2.23. The van der Waals surface area contributed by atoms with Crippen LogP contribution in [0.25, 0.3) is 0 Å². The van der Waals surface area contributed by atoms with Gasteiger partial charge in [0.2, 0.25) is 5.91 Å². The quantitative estimate of drug-likeness (QED) is 0.617. The molecule has 116 valence electrons. The Morgan fingerprint density at radius 1 is 1.29 bits per heavy atom. The van der Waals surface area contributed by atoms with E-state index < -0.39 is 5.97 Å². The number of aromatic hydroxyl groups is 1. The molecule has 2 N–H and O–H groups in total. The van der Waals surface area contributed by atoms with Crippen molar-refractivity contribution in [1.82, 2.24) is 0 Å². The lowest BCUT2D eigenvalue weighted by atomic mass is 10.2. The third-order valence-electron chi connectivity index (χ3n) is 2.79. The Labute approximate surface area is 124 Å². The summed E-state index contributed by atoms with van der Waals surface area (Å²) in [4.78, 5) is 23.3. The molecular weight excluding hydrogens is 272 g/mol. The molecule has 0 radical (unpaired) electrons. The maximum atomic E-state index is 11.8. The van der Waals surface area contributed by atoms with E-state index in [2.05, 4.69) is 5.32 Å². The Morgan fingerprint density at radius 2 is 1.95 bits per heavy atom. The standard InChI is InChI=1S/C15H22N2O4/c1-5-21-15(20)12-7-6-11(10-13(12)18)16-14(19)8-9-17(2,3)4/h6-7,10H,5,8-9H2,1-4H3,(H-,16,18,19,20)/p+1. The second-order valence-electron chi connectivity index (χ2n) is 5.76. The van der Waals surface area contributed by atoms with Crippen LogP contribution in [0.3, 0.4) is 0 Å². The molecule has 0 spiro atoms. The normalized spacial score (nSPS) is 11.0. The molecule has 1 amide bonds. The van der Waals surface area contributed by atoms with E-state index in [1.807, 2.05) is 21.1 Å². The first kappa shape index (κ1) is 17.0. The van der Waals surface area contributed by atoms with Gasteiger partial charge < -0.3 is 19.6 Å². The molecule has 0 bridgehead atoms. The van der Waals surface area contributed by atoms with Gasteiger partial charge >= 0.3 is 5.97 Å². The van der Waals surface area contributed by atoms with Gasteiger partial charge in [-0.05, 0) is 19.1 Å². The molecule has 1 rings (SSSR count). The van der Waals surface area contributed by atoms with Crippen LogP contribution < -0.4 is 5.32 Å². The zero-order chi connectivity index (χ0) is 16.0. The van der Waals surface area contributed by atoms with Crippen molar-refractivity contribution < 1.29 is 23.9 Å². The third kappa shape index (κ3) is 5.83. The molecule has 0 aliphatic heterocycles. The number of hydrogen-bond acceptors (Lipinski definition) is 4. The fraction of sp³-hybridized carbons (Fsp3) is 0.467. The number of carbonyl (C=O) groups excluding carboxylic acids is 2. The zero-order valence-corrected chi connectivity index (χ0v) is 13.0. The van der Waals surface area contributed by atoms with Gasteiger partial charge in [-0.25, -0.2) is 4.79 Å². The lowest BCUT2D eigenvalue weighted by Crippen LogP contribution is -2.37. The second-order valence-corrected chi connectivity index (χ2v) is 5.76. The number of phenolic OH excluding ortho intramolecular Hbond substituents is 1. The van der Waals surface area contributed by atoms with Crippen LogP contribution in [0, 0.1) is 0 Å². The molecule has 0 saturated carbocycles. The maximum Gasteiger partial charge on any atom is 0.341 e. The Kier molecular flexibility index (Phi) is 5.72. The summed E-state index contributed by atoms with van der Waals surface area (Å²) < 4.78 is 5.51. The second kappa shape index (κ2) is 7.08. The highest BCUT2D eigenvalue weighted by Gasteiger charge is 2.14. The molecule has 0 heterocycles. The average Bonchev–Trinajstić information content (AvgIpc) is 2.36. The topological polar surface area (TPSA) is 75.6 Å². The van der Waals surface area contributed by atoms with Crippen LogP contribution in [0.4, 0.5) is 5.69 Å². The summed E-state index contributed by atoms with van der Waals surface area (Å²) in [5, 5.41) is 12.5. The number of esters is 1. The molecule has 0 unspecified atom stereocenters.